The first kappa shape index (κ1) is 18.6. The average Bonchev–Trinajstić information content (AvgIpc) is 3.48. The summed E-state index contributed by atoms with van der Waals surface area (Å²) in [5.41, 5.74) is 2.15. The van der Waals surface area contributed by atoms with Crippen molar-refractivity contribution in [3.8, 4) is 11.5 Å². The molecule has 28 heavy (non-hydrogen) atoms. The molecule has 1 aliphatic carbocycles. The zero-order chi connectivity index (χ0) is 19.5. The number of hydrogen-bond acceptors (Lipinski definition) is 4. The fraction of sp³-hybridized carbons (Fsp3) is 0.300. The van der Waals surface area contributed by atoms with Gasteiger partial charge in [-0.05, 0) is 54.8 Å². The molecule has 2 aliphatic rings. The van der Waals surface area contributed by atoms with Crippen LogP contribution in [0.3, 0.4) is 0 Å². The molecule has 0 atom stereocenters. The Morgan fingerprint density at radius 2 is 1.57 bits per heavy atom. The standard InChI is InChI=1S/C20H20BrN3O4/c21-16-11-18-17(27-7-8-28-18)9-12(16)10-19(25)22-13-1-3-14(4-2-13)23-20(26)24-15-5-6-15/h1-4,9,11,15H,5-8,10H2,(H,22,25)(H2,23,24,26). The maximum Gasteiger partial charge on any atom is 0.319 e. The van der Waals surface area contributed by atoms with E-state index in [9.17, 15) is 9.59 Å². The third-order valence-corrected chi connectivity index (χ3v) is 5.14. The Balaban J connectivity index is 1.34. The molecular weight excluding hydrogens is 426 g/mol. The number of nitrogens with one attached hydrogen (secondary N) is 3. The Hall–Kier alpha value is -2.74. The van der Waals surface area contributed by atoms with E-state index >= 15 is 0 Å². The van der Waals surface area contributed by atoms with Gasteiger partial charge >= 0.3 is 6.03 Å². The molecule has 0 radical (unpaired) electrons. The number of halogens is 1. The Bertz CT molecular complexity index is 897. The number of amides is 3. The zero-order valence-electron chi connectivity index (χ0n) is 15.1. The van der Waals surface area contributed by atoms with Crippen LogP contribution in [0, 0.1) is 0 Å². The van der Waals surface area contributed by atoms with Gasteiger partial charge in [0.25, 0.3) is 0 Å². The first-order chi connectivity index (χ1) is 13.6. The Morgan fingerprint density at radius 3 is 2.21 bits per heavy atom. The summed E-state index contributed by atoms with van der Waals surface area (Å²) in [4.78, 5) is 24.2. The van der Waals surface area contributed by atoms with Crippen LogP contribution >= 0.6 is 15.9 Å². The summed E-state index contributed by atoms with van der Waals surface area (Å²) in [7, 11) is 0. The number of fused-ring (bicyclic) bond motifs is 1. The van der Waals surface area contributed by atoms with Crippen LogP contribution < -0.4 is 25.4 Å². The highest BCUT2D eigenvalue weighted by Crippen LogP contribution is 2.35. The summed E-state index contributed by atoms with van der Waals surface area (Å²) in [5, 5.41) is 8.50. The van der Waals surface area contributed by atoms with Gasteiger partial charge in [-0.3, -0.25) is 4.79 Å². The molecule has 1 heterocycles. The van der Waals surface area contributed by atoms with E-state index < -0.39 is 0 Å². The molecule has 0 aromatic heterocycles. The molecule has 1 fully saturated rings. The smallest absolute Gasteiger partial charge is 0.319 e. The zero-order valence-corrected chi connectivity index (χ0v) is 16.7. The quantitative estimate of drug-likeness (QED) is 0.654. The molecule has 3 N–H and O–H groups in total. The number of carbonyl (C=O) groups is 2. The highest BCUT2D eigenvalue weighted by Gasteiger charge is 2.23. The lowest BCUT2D eigenvalue weighted by molar-refractivity contribution is -0.115. The van der Waals surface area contributed by atoms with Crippen LogP contribution in [0.4, 0.5) is 16.2 Å². The Morgan fingerprint density at radius 1 is 0.964 bits per heavy atom. The van der Waals surface area contributed by atoms with E-state index in [1.807, 2.05) is 12.1 Å². The third kappa shape index (κ3) is 4.75. The Kier molecular flexibility index (Phi) is 5.38. The van der Waals surface area contributed by atoms with Crippen molar-refractivity contribution < 1.29 is 19.1 Å². The molecule has 0 spiro atoms. The number of benzene rings is 2. The molecule has 7 nitrogen and oxygen atoms in total. The minimum atomic E-state index is -0.206. The van der Waals surface area contributed by atoms with Gasteiger partial charge in [-0.15, -0.1) is 0 Å². The van der Waals surface area contributed by atoms with Crippen LogP contribution in [0.2, 0.25) is 0 Å². The molecule has 146 valence electrons. The predicted molar refractivity (Wildman–Crippen MR) is 109 cm³/mol. The highest BCUT2D eigenvalue weighted by molar-refractivity contribution is 9.10. The van der Waals surface area contributed by atoms with Gasteiger partial charge in [0.1, 0.15) is 13.2 Å². The maximum atomic E-state index is 12.4. The molecule has 1 saturated carbocycles. The van der Waals surface area contributed by atoms with E-state index in [1.54, 1.807) is 24.3 Å². The first-order valence-corrected chi connectivity index (χ1v) is 9.91. The van der Waals surface area contributed by atoms with Crippen molar-refractivity contribution in [2.45, 2.75) is 25.3 Å². The highest BCUT2D eigenvalue weighted by atomic mass is 79.9. The molecule has 0 saturated heterocycles. The fourth-order valence-corrected chi connectivity index (χ4v) is 3.30. The summed E-state index contributed by atoms with van der Waals surface area (Å²) >= 11 is 3.48. The summed E-state index contributed by atoms with van der Waals surface area (Å²) < 4.78 is 11.9. The second kappa shape index (κ2) is 8.10. The summed E-state index contributed by atoms with van der Waals surface area (Å²) in [6, 6.07) is 10.8. The molecule has 2 aromatic rings. The largest absolute Gasteiger partial charge is 0.486 e. The van der Waals surface area contributed by atoms with Crippen molar-refractivity contribution in [2.24, 2.45) is 0 Å². The SMILES string of the molecule is O=C(Cc1cc2c(cc1Br)OCCO2)Nc1ccc(NC(=O)NC2CC2)cc1. The van der Waals surface area contributed by atoms with Crippen molar-refractivity contribution in [3.63, 3.8) is 0 Å². The van der Waals surface area contributed by atoms with Crippen LogP contribution in [0.15, 0.2) is 40.9 Å². The number of anilines is 2. The van der Waals surface area contributed by atoms with Crippen molar-refractivity contribution in [1.29, 1.82) is 0 Å². The van der Waals surface area contributed by atoms with E-state index in [-0.39, 0.29) is 18.4 Å². The van der Waals surface area contributed by atoms with Crippen LogP contribution in [-0.4, -0.2) is 31.2 Å². The summed E-state index contributed by atoms with van der Waals surface area (Å²) in [5.74, 6) is 1.18. The molecule has 4 rings (SSSR count). The molecule has 2 aromatic carbocycles. The van der Waals surface area contributed by atoms with E-state index in [2.05, 4.69) is 31.9 Å². The maximum absolute atomic E-state index is 12.4. The number of rotatable bonds is 5. The van der Waals surface area contributed by atoms with Gasteiger partial charge in [0.15, 0.2) is 11.5 Å². The third-order valence-electron chi connectivity index (χ3n) is 4.40. The molecule has 8 heteroatoms. The number of ether oxygens (including phenoxy) is 2. The summed E-state index contributed by atoms with van der Waals surface area (Å²) in [6.45, 7) is 1.02. The molecule has 0 unspecified atom stereocenters. The first-order valence-electron chi connectivity index (χ1n) is 9.12. The van der Waals surface area contributed by atoms with E-state index in [1.165, 1.54) is 0 Å². The van der Waals surface area contributed by atoms with Crippen LogP contribution in [0.5, 0.6) is 11.5 Å². The number of urea groups is 1. The van der Waals surface area contributed by atoms with Gasteiger partial charge in [-0.2, -0.15) is 0 Å². The minimum Gasteiger partial charge on any atom is -0.486 e. The lowest BCUT2D eigenvalue weighted by Crippen LogP contribution is -2.30. The number of hydrogen-bond donors (Lipinski definition) is 3. The molecular formula is C20H20BrN3O4. The second-order valence-electron chi connectivity index (χ2n) is 6.76. The summed E-state index contributed by atoms with van der Waals surface area (Å²) in [6.07, 6.45) is 2.27. The van der Waals surface area contributed by atoms with Crippen molar-refractivity contribution in [2.75, 3.05) is 23.8 Å². The van der Waals surface area contributed by atoms with Gasteiger partial charge < -0.3 is 25.4 Å². The van der Waals surface area contributed by atoms with Crippen LogP contribution in [0.25, 0.3) is 0 Å². The monoisotopic (exact) mass is 445 g/mol. The van der Waals surface area contributed by atoms with Crippen molar-refractivity contribution in [1.82, 2.24) is 5.32 Å². The fourth-order valence-electron chi connectivity index (χ4n) is 2.84. The minimum absolute atomic E-state index is 0.149. The molecule has 3 amide bonds. The van der Waals surface area contributed by atoms with Gasteiger partial charge in [0.05, 0.1) is 6.42 Å². The lowest BCUT2D eigenvalue weighted by Gasteiger charge is -2.19. The average molecular weight is 446 g/mol. The van der Waals surface area contributed by atoms with Crippen LogP contribution in [-0.2, 0) is 11.2 Å². The van der Waals surface area contributed by atoms with Gasteiger partial charge in [-0.25, -0.2) is 4.79 Å². The van der Waals surface area contributed by atoms with Crippen molar-refractivity contribution in [3.05, 3.63) is 46.4 Å². The van der Waals surface area contributed by atoms with Gasteiger partial charge in [-0.1, -0.05) is 15.9 Å². The van der Waals surface area contributed by atoms with E-state index in [4.69, 9.17) is 9.47 Å². The van der Waals surface area contributed by atoms with E-state index in [0.29, 0.717) is 42.1 Å². The van der Waals surface area contributed by atoms with E-state index in [0.717, 1.165) is 22.9 Å². The Labute approximate surface area is 170 Å². The molecule has 0 bridgehead atoms. The van der Waals surface area contributed by atoms with Gasteiger partial charge in [0.2, 0.25) is 5.91 Å². The van der Waals surface area contributed by atoms with Crippen molar-refractivity contribution >= 4 is 39.2 Å². The normalized spacial score (nSPS) is 14.9. The topological polar surface area (TPSA) is 88.7 Å². The second-order valence-corrected chi connectivity index (χ2v) is 7.62. The number of carbonyl (C=O) groups excluding carboxylic acids is 2. The molecule has 1 aliphatic heterocycles. The van der Waals surface area contributed by atoms with Crippen LogP contribution in [0.1, 0.15) is 18.4 Å². The predicted octanol–water partition coefficient (Wildman–Crippen LogP) is 3.69. The lowest BCUT2D eigenvalue weighted by atomic mass is 10.1. The van der Waals surface area contributed by atoms with Gasteiger partial charge in [0, 0.05) is 21.9 Å².